The van der Waals surface area contributed by atoms with Crippen LogP contribution in [0, 0.1) is 5.92 Å². The highest BCUT2D eigenvalue weighted by molar-refractivity contribution is 4.76. The van der Waals surface area contributed by atoms with E-state index in [9.17, 15) is 13.2 Å². The summed E-state index contributed by atoms with van der Waals surface area (Å²) in [5, 5.41) is 0. The standard InChI is InChI=1S/C8H14F3N.C2H6/c1-2-7-3-4-12(5-7)6-8(9,10)11;1-2/h7H,2-6H2,1H3;1-2H3. The summed E-state index contributed by atoms with van der Waals surface area (Å²) in [5.74, 6) is 0.479. The van der Waals surface area contributed by atoms with Crippen LogP contribution in [-0.2, 0) is 0 Å². The van der Waals surface area contributed by atoms with Gasteiger partial charge in [0.05, 0.1) is 6.54 Å². The van der Waals surface area contributed by atoms with Crippen molar-refractivity contribution in [2.24, 2.45) is 5.92 Å². The highest BCUT2D eigenvalue weighted by atomic mass is 19.4. The average molecular weight is 211 g/mol. The number of rotatable bonds is 2. The third kappa shape index (κ3) is 5.47. The minimum absolute atomic E-state index is 0.479. The molecule has 0 amide bonds. The molecule has 86 valence electrons. The fraction of sp³-hybridized carbons (Fsp3) is 1.00. The molecule has 14 heavy (non-hydrogen) atoms. The third-order valence-electron chi connectivity index (χ3n) is 2.35. The Morgan fingerprint density at radius 3 is 2.21 bits per heavy atom. The van der Waals surface area contributed by atoms with Crippen molar-refractivity contribution in [3.05, 3.63) is 0 Å². The second-order valence-electron chi connectivity index (χ2n) is 3.41. The van der Waals surface area contributed by atoms with Crippen LogP contribution < -0.4 is 0 Å². The van der Waals surface area contributed by atoms with Gasteiger partial charge in [0.15, 0.2) is 0 Å². The monoisotopic (exact) mass is 211 g/mol. The second kappa shape index (κ2) is 6.27. The van der Waals surface area contributed by atoms with Crippen LogP contribution in [0.4, 0.5) is 13.2 Å². The maximum absolute atomic E-state index is 11.9. The fourth-order valence-electron chi connectivity index (χ4n) is 1.64. The van der Waals surface area contributed by atoms with E-state index in [1.54, 1.807) is 0 Å². The van der Waals surface area contributed by atoms with Crippen molar-refractivity contribution in [2.75, 3.05) is 19.6 Å². The first-order chi connectivity index (χ1) is 6.51. The van der Waals surface area contributed by atoms with Gasteiger partial charge in [0.1, 0.15) is 0 Å². The Morgan fingerprint density at radius 1 is 1.29 bits per heavy atom. The number of nitrogens with zero attached hydrogens (tertiary/aromatic N) is 1. The van der Waals surface area contributed by atoms with E-state index in [4.69, 9.17) is 0 Å². The van der Waals surface area contributed by atoms with E-state index in [2.05, 4.69) is 0 Å². The van der Waals surface area contributed by atoms with Crippen LogP contribution in [0.25, 0.3) is 0 Å². The summed E-state index contributed by atoms with van der Waals surface area (Å²) in [4.78, 5) is 1.49. The Balaban J connectivity index is 0.000000791. The first-order valence-corrected chi connectivity index (χ1v) is 5.30. The van der Waals surface area contributed by atoms with Crippen molar-refractivity contribution in [3.8, 4) is 0 Å². The van der Waals surface area contributed by atoms with E-state index in [1.807, 2.05) is 20.8 Å². The molecule has 1 unspecified atom stereocenters. The summed E-state index contributed by atoms with van der Waals surface area (Å²) in [6.07, 6.45) is -2.11. The van der Waals surface area contributed by atoms with Gasteiger partial charge in [-0.1, -0.05) is 27.2 Å². The first-order valence-electron chi connectivity index (χ1n) is 5.30. The van der Waals surface area contributed by atoms with Gasteiger partial charge in [0.2, 0.25) is 0 Å². The number of likely N-dealkylation sites (tertiary alicyclic amines) is 1. The van der Waals surface area contributed by atoms with Crippen LogP contribution >= 0.6 is 0 Å². The predicted octanol–water partition coefficient (Wildman–Crippen LogP) is 3.31. The summed E-state index contributed by atoms with van der Waals surface area (Å²) in [6.45, 7) is 6.53. The van der Waals surface area contributed by atoms with Crippen LogP contribution in [0.15, 0.2) is 0 Å². The van der Waals surface area contributed by atoms with Crippen molar-refractivity contribution in [1.29, 1.82) is 0 Å². The van der Waals surface area contributed by atoms with Gasteiger partial charge in [-0.25, -0.2) is 0 Å². The van der Waals surface area contributed by atoms with Gasteiger partial charge in [-0.05, 0) is 18.9 Å². The van der Waals surface area contributed by atoms with Crippen LogP contribution in [0.1, 0.15) is 33.6 Å². The van der Waals surface area contributed by atoms with Gasteiger partial charge in [-0.2, -0.15) is 13.2 Å². The first kappa shape index (κ1) is 13.8. The molecule has 0 radical (unpaired) electrons. The summed E-state index contributed by atoms with van der Waals surface area (Å²) < 4.78 is 35.7. The topological polar surface area (TPSA) is 3.24 Å². The molecule has 0 N–H and O–H groups in total. The molecule has 1 heterocycles. The molecule has 1 aliphatic heterocycles. The highest BCUT2D eigenvalue weighted by Crippen LogP contribution is 2.23. The molecule has 1 atom stereocenters. The van der Waals surface area contributed by atoms with E-state index in [0.29, 0.717) is 19.0 Å². The number of alkyl halides is 3. The zero-order chi connectivity index (χ0) is 11.2. The lowest BCUT2D eigenvalue weighted by Crippen LogP contribution is -2.32. The molecule has 0 aliphatic carbocycles. The predicted molar refractivity (Wildman–Crippen MR) is 52.2 cm³/mol. The number of hydrogen-bond acceptors (Lipinski definition) is 1. The normalized spacial score (nSPS) is 23.1. The van der Waals surface area contributed by atoms with Gasteiger partial charge in [0, 0.05) is 6.54 Å². The van der Waals surface area contributed by atoms with Crippen molar-refractivity contribution in [2.45, 2.75) is 39.8 Å². The Bertz CT molecular complexity index is 145. The van der Waals surface area contributed by atoms with Crippen molar-refractivity contribution in [3.63, 3.8) is 0 Å². The molecule has 0 spiro atoms. The molecule has 4 heteroatoms. The third-order valence-corrected chi connectivity index (χ3v) is 2.35. The Hall–Kier alpha value is -0.250. The molecule has 0 aromatic carbocycles. The van der Waals surface area contributed by atoms with Gasteiger partial charge in [-0.15, -0.1) is 0 Å². The van der Waals surface area contributed by atoms with Crippen LogP contribution in [-0.4, -0.2) is 30.7 Å². The van der Waals surface area contributed by atoms with Gasteiger partial charge in [-0.3, -0.25) is 4.90 Å². The van der Waals surface area contributed by atoms with Crippen LogP contribution in [0.5, 0.6) is 0 Å². The fourth-order valence-corrected chi connectivity index (χ4v) is 1.64. The molecule has 1 saturated heterocycles. The maximum Gasteiger partial charge on any atom is 0.401 e. The Labute approximate surface area is 84.3 Å². The quantitative estimate of drug-likeness (QED) is 0.677. The molecule has 0 aromatic heterocycles. The average Bonchev–Trinajstić information content (AvgIpc) is 2.53. The molecule has 1 nitrogen and oxygen atoms in total. The molecule has 1 aliphatic rings. The minimum Gasteiger partial charge on any atom is -0.295 e. The Morgan fingerprint density at radius 2 is 1.86 bits per heavy atom. The Kier molecular flexibility index (Phi) is 6.16. The van der Waals surface area contributed by atoms with Gasteiger partial charge >= 0.3 is 6.18 Å². The lowest BCUT2D eigenvalue weighted by atomic mass is 10.1. The lowest BCUT2D eigenvalue weighted by Gasteiger charge is -2.17. The van der Waals surface area contributed by atoms with E-state index < -0.39 is 12.7 Å². The summed E-state index contributed by atoms with van der Waals surface area (Å²) in [7, 11) is 0. The van der Waals surface area contributed by atoms with Crippen molar-refractivity contribution >= 4 is 0 Å². The summed E-state index contributed by atoms with van der Waals surface area (Å²) in [5.41, 5.74) is 0. The van der Waals surface area contributed by atoms with E-state index in [1.165, 1.54) is 4.90 Å². The summed E-state index contributed by atoms with van der Waals surface area (Å²) >= 11 is 0. The van der Waals surface area contributed by atoms with Gasteiger partial charge < -0.3 is 0 Å². The molecule has 0 saturated carbocycles. The largest absolute Gasteiger partial charge is 0.401 e. The SMILES string of the molecule is CC.CCC1CCN(CC(F)(F)F)C1. The molecular formula is C10H20F3N. The zero-order valence-electron chi connectivity index (χ0n) is 9.19. The smallest absolute Gasteiger partial charge is 0.295 e. The zero-order valence-corrected chi connectivity index (χ0v) is 9.19. The van der Waals surface area contributed by atoms with Crippen molar-refractivity contribution in [1.82, 2.24) is 4.90 Å². The minimum atomic E-state index is -4.03. The molecule has 0 bridgehead atoms. The van der Waals surface area contributed by atoms with E-state index >= 15 is 0 Å². The molecule has 1 fully saturated rings. The molecule has 1 rings (SSSR count). The lowest BCUT2D eigenvalue weighted by molar-refractivity contribution is -0.143. The van der Waals surface area contributed by atoms with Crippen LogP contribution in [0.2, 0.25) is 0 Å². The maximum atomic E-state index is 11.9. The second-order valence-corrected chi connectivity index (χ2v) is 3.41. The summed E-state index contributed by atoms with van der Waals surface area (Å²) in [6, 6.07) is 0. The highest BCUT2D eigenvalue weighted by Gasteiger charge is 2.33. The van der Waals surface area contributed by atoms with Crippen molar-refractivity contribution < 1.29 is 13.2 Å². The molecule has 0 aromatic rings. The number of hydrogen-bond donors (Lipinski definition) is 0. The van der Waals surface area contributed by atoms with Gasteiger partial charge in [0.25, 0.3) is 0 Å². The number of halogens is 3. The molecular weight excluding hydrogens is 191 g/mol. The van der Waals surface area contributed by atoms with E-state index in [-0.39, 0.29) is 0 Å². The van der Waals surface area contributed by atoms with E-state index in [0.717, 1.165) is 12.8 Å². The van der Waals surface area contributed by atoms with Crippen LogP contribution in [0.3, 0.4) is 0 Å².